The fraction of sp³-hybridized carbons (Fsp3) is 0.226. The number of para-hydroxylation sites is 1. The van der Waals surface area contributed by atoms with Crippen LogP contribution in [0, 0.1) is 5.82 Å². The van der Waals surface area contributed by atoms with E-state index in [9.17, 15) is 14.0 Å². The first-order chi connectivity index (χ1) is 18.0. The Balaban J connectivity index is 1.56. The number of nitrogens with one attached hydrogen (secondary N) is 1. The number of hydrogen-bond donors (Lipinski definition) is 1. The van der Waals surface area contributed by atoms with Crippen molar-refractivity contribution in [2.24, 2.45) is 0 Å². The number of halogens is 1. The molecule has 6 heteroatoms. The van der Waals surface area contributed by atoms with Gasteiger partial charge in [0.05, 0.1) is 18.6 Å². The SMILES string of the molecule is COC(=O)C1=C(C)NC2=C(C(=O)C[C@H](c3ccc(F)cc3)C2)[C@H]1c1ccccc1OCc1ccccc1. The van der Waals surface area contributed by atoms with E-state index >= 15 is 0 Å². The topological polar surface area (TPSA) is 64.6 Å². The van der Waals surface area contributed by atoms with Gasteiger partial charge in [0, 0.05) is 29.0 Å². The minimum Gasteiger partial charge on any atom is -0.489 e. The maximum absolute atomic E-state index is 13.7. The van der Waals surface area contributed by atoms with Crippen molar-refractivity contribution in [3.05, 3.63) is 124 Å². The summed E-state index contributed by atoms with van der Waals surface area (Å²) in [6.07, 6.45) is 0.839. The molecular formula is C31H28FNO4. The second-order valence-corrected chi connectivity index (χ2v) is 9.37. The lowest BCUT2D eigenvalue weighted by Gasteiger charge is -2.37. The number of carbonyl (C=O) groups excluding carboxylic acids is 2. The molecule has 3 aromatic rings. The molecule has 0 bridgehead atoms. The van der Waals surface area contributed by atoms with Gasteiger partial charge in [-0.3, -0.25) is 4.79 Å². The second-order valence-electron chi connectivity index (χ2n) is 9.37. The van der Waals surface area contributed by atoms with Crippen molar-refractivity contribution in [1.82, 2.24) is 5.32 Å². The molecule has 2 atom stereocenters. The van der Waals surface area contributed by atoms with E-state index in [-0.39, 0.29) is 23.9 Å². The number of allylic oxidation sites excluding steroid dienone is 3. The molecular weight excluding hydrogens is 469 g/mol. The van der Waals surface area contributed by atoms with Gasteiger partial charge >= 0.3 is 5.97 Å². The van der Waals surface area contributed by atoms with E-state index in [1.54, 1.807) is 12.1 Å². The third kappa shape index (κ3) is 4.92. The molecule has 1 N–H and O–H groups in total. The van der Waals surface area contributed by atoms with Crippen molar-refractivity contribution < 1.29 is 23.5 Å². The molecule has 188 valence electrons. The molecule has 0 radical (unpaired) electrons. The Kier molecular flexibility index (Phi) is 6.91. The van der Waals surface area contributed by atoms with Crippen LogP contribution in [0.4, 0.5) is 4.39 Å². The Morgan fingerprint density at radius 1 is 0.973 bits per heavy atom. The molecule has 1 heterocycles. The summed E-state index contributed by atoms with van der Waals surface area (Å²) in [5.74, 6) is -0.967. The predicted octanol–water partition coefficient (Wildman–Crippen LogP) is 5.94. The highest BCUT2D eigenvalue weighted by Gasteiger charge is 2.42. The first kappa shape index (κ1) is 24.5. The number of ether oxygens (including phenoxy) is 2. The summed E-state index contributed by atoms with van der Waals surface area (Å²) < 4.78 is 24.9. The molecule has 0 saturated heterocycles. The van der Waals surface area contributed by atoms with Crippen LogP contribution in [0.5, 0.6) is 5.75 Å². The van der Waals surface area contributed by atoms with Crippen LogP contribution >= 0.6 is 0 Å². The Hall–Kier alpha value is -4.19. The molecule has 3 aromatic carbocycles. The number of benzene rings is 3. The van der Waals surface area contributed by atoms with Crippen LogP contribution in [-0.2, 0) is 20.9 Å². The monoisotopic (exact) mass is 497 g/mol. The molecule has 5 rings (SSSR count). The third-order valence-corrected chi connectivity index (χ3v) is 7.04. The molecule has 2 aliphatic rings. The van der Waals surface area contributed by atoms with E-state index in [0.29, 0.717) is 35.6 Å². The molecule has 37 heavy (non-hydrogen) atoms. The Morgan fingerprint density at radius 3 is 2.41 bits per heavy atom. The summed E-state index contributed by atoms with van der Waals surface area (Å²) in [5.41, 5.74) is 5.02. The molecule has 1 aliphatic carbocycles. The Bertz CT molecular complexity index is 1390. The van der Waals surface area contributed by atoms with Crippen molar-refractivity contribution >= 4 is 11.8 Å². The van der Waals surface area contributed by atoms with Crippen molar-refractivity contribution in [2.75, 3.05) is 7.11 Å². The summed E-state index contributed by atoms with van der Waals surface area (Å²) in [6.45, 7) is 2.17. The predicted molar refractivity (Wildman–Crippen MR) is 138 cm³/mol. The lowest BCUT2D eigenvalue weighted by atomic mass is 9.71. The highest BCUT2D eigenvalue weighted by Crippen LogP contribution is 2.47. The molecule has 0 spiro atoms. The van der Waals surface area contributed by atoms with E-state index < -0.39 is 11.9 Å². The summed E-state index contributed by atoms with van der Waals surface area (Å²) in [6, 6.07) is 23.6. The van der Waals surface area contributed by atoms with Gasteiger partial charge in [0.2, 0.25) is 0 Å². The first-order valence-electron chi connectivity index (χ1n) is 12.3. The van der Waals surface area contributed by atoms with Gasteiger partial charge in [0.1, 0.15) is 18.2 Å². The number of rotatable bonds is 6. The van der Waals surface area contributed by atoms with Crippen LogP contribution in [-0.4, -0.2) is 18.9 Å². The third-order valence-electron chi connectivity index (χ3n) is 7.04. The molecule has 1 aliphatic heterocycles. The van der Waals surface area contributed by atoms with Gasteiger partial charge in [-0.1, -0.05) is 60.7 Å². The lowest BCUT2D eigenvalue weighted by Crippen LogP contribution is -2.36. The van der Waals surface area contributed by atoms with E-state index in [1.165, 1.54) is 19.2 Å². The van der Waals surface area contributed by atoms with Gasteiger partial charge in [-0.05, 0) is 48.6 Å². The standard InChI is InChI=1S/C31H28FNO4/c1-19-28(31(35)36-2)29(24-10-6-7-11-27(24)37-18-20-8-4-3-5-9-20)30-25(33-19)16-22(17-26(30)34)21-12-14-23(32)15-13-21/h3-15,22,29,33H,16-18H2,1-2H3/t22-,29+/m1/s1. The van der Waals surface area contributed by atoms with Crippen molar-refractivity contribution in [1.29, 1.82) is 0 Å². The molecule has 0 aromatic heterocycles. The van der Waals surface area contributed by atoms with Crippen LogP contribution in [0.3, 0.4) is 0 Å². The van der Waals surface area contributed by atoms with E-state index in [2.05, 4.69) is 5.32 Å². The Morgan fingerprint density at radius 2 is 1.68 bits per heavy atom. The minimum atomic E-state index is -0.627. The van der Waals surface area contributed by atoms with Gasteiger partial charge < -0.3 is 14.8 Å². The second kappa shape index (κ2) is 10.4. The van der Waals surface area contributed by atoms with Gasteiger partial charge in [0.15, 0.2) is 5.78 Å². The highest BCUT2D eigenvalue weighted by atomic mass is 19.1. The molecule has 0 amide bonds. The van der Waals surface area contributed by atoms with E-state index in [4.69, 9.17) is 9.47 Å². The average Bonchev–Trinajstić information content (AvgIpc) is 2.92. The van der Waals surface area contributed by atoms with Crippen LogP contribution < -0.4 is 10.1 Å². The fourth-order valence-corrected chi connectivity index (χ4v) is 5.29. The van der Waals surface area contributed by atoms with Crippen molar-refractivity contribution in [3.8, 4) is 5.75 Å². The zero-order valence-electron chi connectivity index (χ0n) is 20.8. The molecule has 5 nitrogen and oxygen atoms in total. The maximum atomic E-state index is 13.7. The summed E-state index contributed by atoms with van der Waals surface area (Å²) >= 11 is 0. The van der Waals surface area contributed by atoms with Gasteiger partial charge in [0.25, 0.3) is 0 Å². The molecule has 0 fully saturated rings. The van der Waals surface area contributed by atoms with Gasteiger partial charge in [-0.25, -0.2) is 9.18 Å². The number of Topliss-reactive ketones (excluding diaryl/α,β-unsaturated/α-hetero) is 1. The molecule has 0 unspecified atom stereocenters. The number of ketones is 1. The van der Waals surface area contributed by atoms with E-state index in [1.807, 2.05) is 61.5 Å². The van der Waals surface area contributed by atoms with Gasteiger partial charge in [-0.15, -0.1) is 0 Å². The van der Waals surface area contributed by atoms with Crippen LogP contribution in [0.1, 0.15) is 48.3 Å². The lowest BCUT2D eigenvalue weighted by molar-refractivity contribution is -0.136. The summed E-state index contributed by atoms with van der Waals surface area (Å²) in [5, 5.41) is 3.32. The van der Waals surface area contributed by atoms with E-state index in [0.717, 1.165) is 22.4 Å². The normalized spacial score (nSPS) is 19.3. The number of dihydropyridines is 1. The first-order valence-corrected chi connectivity index (χ1v) is 12.3. The minimum absolute atomic E-state index is 0.0557. The zero-order chi connectivity index (χ0) is 25.9. The largest absolute Gasteiger partial charge is 0.489 e. The quantitative estimate of drug-likeness (QED) is 0.427. The van der Waals surface area contributed by atoms with Crippen LogP contribution in [0.25, 0.3) is 0 Å². The zero-order valence-corrected chi connectivity index (χ0v) is 20.8. The number of hydrogen-bond acceptors (Lipinski definition) is 5. The highest BCUT2D eigenvalue weighted by molar-refractivity contribution is 6.04. The molecule has 0 saturated carbocycles. The average molecular weight is 498 g/mol. The van der Waals surface area contributed by atoms with Crippen LogP contribution in [0.2, 0.25) is 0 Å². The van der Waals surface area contributed by atoms with Crippen LogP contribution in [0.15, 0.2) is 101 Å². The Labute approximate surface area is 215 Å². The van der Waals surface area contributed by atoms with Crippen molar-refractivity contribution in [2.45, 2.75) is 38.2 Å². The number of esters is 1. The smallest absolute Gasteiger partial charge is 0.336 e. The maximum Gasteiger partial charge on any atom is 0.336 e. The van der Waals surface area contributed by atoms with Crippen molar-refractivity contribution in [3.63, 3.8) is 0 Å². The fourth-order valence-electron chi connectivity index (χ4n) is 5.29. The summed E-state index contributed by atoms with van der Waals surface area (Å²) in [4.78, 5) is 26.7. The number of methoxy groups -OCH3 is 1. The summed E-state index contributed by atoms with van der Waals surface area (Å²) in [7, 11) is 1.34. The van der Waals surface area contributed by atoms with Gasteiger partial charge in [-0.2, -0.15) is 0 Å². The number of carbonyl (C=O) groups is 2.